The lowest BCUT2D eigenvalue weighted by atomic mass is 10.0. The zero-order valence-corrected chi connectivity index (χ0v) is 16.6. The molecule has 5 heteroatoms. The first-order chi connectivity index (χ1) is 13.4. The number of hydrogen-bond acceptors (Lipinski definition) is 3. The Bertz CT molecular complexity index is 1080. The van der Waals surface area contributed by atoms with E-state index in [2.05, 4.69) is 5.32 Å². The average Bonchev–Trinajstić information content (AvgIpc) is 3.11. The van der Waals surface area contributed by atoms with Gasteiger partial charge in [0, 0.05) is 22.3 Å². The van der Waals surface area contributed by atoms with Crippen molar-refractivity contribution >= 4 is 29.3 Å². The van der Waals surface area contributed by atoms with Crippen LogP contribution in [0.4, 0.5) is 5.69 Å². The number of nitrogens with zero attached hydrogens (tertiary/aromatic N) is 1. The molecule has 0 aliphatic carbocycles. The number of anilines is 1. The Morgan fingerprint density at radius 1 is 1.07 bits per heavy atom. The molecule has 1 aromatic heterocycles. The fourth-order valence-electron chi connectivity index (χ4n) is 3.05. The summed E-state index contributed by atoms with van der Waals surface area (Å²) in [5, 5.41) is 12.9. The fraction of sp³-hybridized carbons (Fsp3) is 0.130. The molecule has 1 amide bonds. The van der Waals surface area contributed by atoms with Gasteiger partial charge in [-0.25, -0.2) is 0 Å². The van der Waals surface area contributed by atoms with Gasteiger partial charge >= 0.3 is 0 Å². The van der Waals surface area contributed by atoms with E-state index in [0.29, 0.717) is 16.5 Å². The van der Waals surface area contributed by atoms with Gasteiger partial charge in [0.25, 0.3) is 5.91 Å². The number of benzene rings is 2. The number of nitrogens with one attached hydrogen (secondary N) is 1. The summed E-state index contributed by atoms with van der Waals surface area (Å²) in [6.07, 6.45) is 1.44. The van der Waals surface area contributed by atoms with Gasteiger partial charge in [-0.15, -0.1) is 0 Å². The molecule has 1 heterocycles. The van der Waals surface area contributed by atoms with Gasteiger partial charge in [0.05, 0.1) is 0 Å². The van der Waals surface area contributed by atoms with E-state index in [0.717, 1.165) is 27.9 Å². The molecule has 0 aliphatic rings. The molecule has 0 fully saturated rings. The molecule has 4 nitrogen and oxygen atoms in total. The number of halogens is 1. The van der Waals surface area contributed by atoms with Crippen molar-refractivity contribution in [3.63, 3.8) is 0 Å². The van der Waals surface area contributed by atoms with Crippen molar-refractivity contribution in [2.24, 2.45) is 0 Å². The van der Waals surface area contributed by atoms with Crippen LogP contribution in [0.5, 0.6) is 0 Å². The Balaban J connectivity index is 1.84. The van der Waals surface area contributed by atoms with Crippen LogP contribution in [0.1, 0.15) is 22.5 Å². The molecular weight excluding hydrogens is 372 g/mol. The molecule has 1 N–H and O–H groups in total. The van der Waals surface area contributed by atoms with Crippen LogP contribution in [0.3, 0.4) is 0 Å². The van der Waals surface area contributed by atoms with Crippen molar-refractivity contribution in [1.82, 2.24) is 0 Å². The van der Waals surface area contributed by atoms with E-state index in [4.69, 9.17) is 16.0 Å². The summed E-state index contributed by atoms with van der Waals surface area (Å²) in [4.78, 5) is 12.6. The summed E-state index contributed by atoms with van der Waals surface area (Å²) in [5.41, 5.74) is 4.57. The van der Waals surface area contributed by atoms with Gasteiger partial charge in [-0.2, -0.15) is 5.26 Å². The maximum absolute atomic E-state index is 12.6. The van der Waals surface area contributed by atoms with E-state index >= 15 is 0 Å². The van der Waals surface area contributed by atoms with Gasteiger partial charge in [-0.05, 0) is 68.3 Å². The van der Waals surface area contributed by atoms with Gasteiger partial charge in [-0.1, -0.05) is 29.3 Å². The van der Waals surface area contributed by atoms with E-state index in [1.165, 1.54) is 6.08 Å². The summed E-state index contributed by atoms with van der Waals surface area (Å²) in [7, 11) is 0. The van der Waals surface area contributed by atoms with Gasteiger partial charge in [0.1, 0.15) is 23.2 Å². The van der Waals surface area contributed by atoms with Gasteiger partial charge in [0.15, 0.2) is 0 Å². The standard InChI is InChI=1S/C23H19ClN2O2/c1-14-10-15(2)22(16(3)11-14)26-23(27)18(13-25)12-20-8-9-21(28-20)17-4-6-19(24)7-5-17/h4-12H,1-3H3,(H,26,27). The number of carbonyl (C=O) groups excluding carboxylic acids is 1. The Morgan fingerprint density at radius 3 is 2.32 bits per heavy atom. The second-order valence-corrected chi connectivity index (χ2v) is 7.04. The molecule has 2 aromatic carbocycles. The third-order valence-electron chi connectivity index (χ3n) is 4.32. The Labute approximate surface area is 169 Å². The first-order valence-electron chi connectivity index (χ1n) is 8.74. The molecule has 0 radical (unpaired) electrons. The molecule has 0 saturated carbocycles. The molecule has 28 heavy (non-hydrogen) atoms. The van der Waals surface area contributed by atoms with Crippen LogP contribution in [0.2, 0.25) is 5.02 Å². The molecule has 0 atom stereocenters. The maximum atomic E-state index is 12.6. The minimum absolute atomic E-state index is 0.0311. The Kier molecular flexibility index (Phi) is 5.67. The summed E-state index contributed by atoms with van der Waals surface area (Å²) in [6.45, 7) is 5.86. The first-order valence-corrected chi connectivity index (χ1v) is 9.12. The van der Waals surface area contributed by atoms with Crippen molar-refractivity contribution in [3.8, 4) is 17.4 Å². The molecule has 0 saturated heterocycles. The van der Waals surface area contributed by atoms with E-state index < -0.39 is 5.91 Å². The number of rotatable bonds is 4. The van der Waals surface area contributed by atoms with Crippen LogP contribution in [0.15, 0.2) is 58.5 Å². The summed E-state index contributed by atoms with van der Waals surface area (Å²) >= 11 is 5.90. The smallest absolute Gasteiger partial charge is 0.266 e. The summed E-state index contributed by atoms with van der Waals surface area (Å²) in [6, 6.07) is 16.7. The normalized spacial score (nSPS) is 11.2. The summed E-state index contributed by atoms with van der Waals surface area (Å²) in [5.74, 6) is 0.585. The monoisotopic (exact) mass is 390 g/mol. The van der Waals surface area contributed by atoms with Crippen LogP contribution >= 0.6 is 11.6 Å². The van der Waals surface area contributed by atoms with Crippen LogP contribution < -0.4 is 5.32 Å². The molecule has 0 unspecified atom stereocenters. The molecule has 3 rings (SSSR count). The van der Waals surface area contributed by atoms with E-state index in [1.54, 1.807) is 24.3 Å². The minimum Gasteiger partial charge on any atom is -0.457 e. The average molecular weight is 391 g/mol. The van der Waals surface area contributed by atoms with Crippen molar-refractivity contribution in [2.45, 2.75) is 20.8 Å². The molecule has 0 aliphatic heterocycles. The molecule has 0 spiro atoms. The highest BCUT2D eigenvalue weighted by atomic mass is 35.5. The number of carbonyl (C=O) groups is 1. The van der Waals surface area contributed by atoms with E-state index in [-0.39, 0.29) is 5.57 Å². The minimum atomic E-state index is -0.470. The van der Waals surface area contributed by atoms with Crippen LogP contribution in [-0.2, 0) is 4.79 Å². The van der Waals surface area contributed by atoms with Crippen LogP contribution in [-0.4, -0.2) is 5.91 Å². The second kappa shape index (κ2) is 8.16. The number of hydrogen-bond donors (Lipinski definition) is 1. The Morgan fingerprint density at radius 2 is 1.71 bits per heavy atom. The zero-order chi connectivity index (χ0) is 20.3. The number of furan rings is 1. The van der Waals surface area contributed by atoms with Crippen molar-refractivity contribution in [3.05, 3.63) is 81.6 Å². The number of aryl methyl sites for hydroxylation is 3. The SMILES string of the molecule is Cc1cc(C)c(NC(=O)C(C#N)=Cc2ccc(-c3ccc(Cl)cc3)o2)c(C)c1. The third kappa shape index (κ3) is 4.33. The van der Waals surface area contributed by atoms with Crippen molar-refractivity contribution in [2.75, 3.05) is 5.32 Å². The molecule has 140 valence electrons. The van der Waals surface area contributed by atoms with Gasteiger partial charge in [0.2, 0.25) is 0 Å². The van der Waals surface area contributed by atoms with Crippen LogP contribution in [0, 0.1) is 32.1 Å². The second-order valence-electron chi connectivity index (χ2n) is 6.61. The predicted octanol–water partition coefficient (Wildman–Crippen LogP) is 6.07. The fourth-order valence-corrected chi connectivity index (χ4v) is 3.17. The number of amides is 1. The van der Waals surface area contributed by atoms with E-state index in [9.17, 15) is 10.1 Å². The topological polar surface area (TPSA) is 66.0 Å². The quantitative estimate of drug-likeness (QED) is 0.434. The maximum Gasteiger partial charge on any atom is 0.266 e. The van der Waals surface area contributed by atoms with Crippen molar-refractivity contribution < 1.29 is 9.21 Å². The third-order valence-corrected chi connectivity index (χ3v) is 4.57. The zero-order valence-electron chi connectivity index (χ0n) is 15.8. The van der Waals surface area contributed by atoms with E-state index in [1.807, 2.05) is 51.1 Å². The number of nitriles is 1. The predicted molar refractivity (Wildman–Crippen MR) is 112 cm³/mol. The summed E-state index contributed by atoms with van der Waals surface area (Å²) < 4.78 is 5.75. The molecule has 3 aromatic rings. The van der Waals surface area contributed by atoms with Crippen LogP contribution in [0.25, 0.3) is 17.4 Å². The first kappa shape index (κ1) is 19.5. The highest BCUT2D eigenvalue weighted by Crippen LogP contribution is 2.26. The van der Waals surface area contributed by atoms with Gasteiger partial charge < -0.3 is 9.73 Å². The lowest BCUT2D eigenvalue weighted by molar-refractivity contribution is -0.112. The Hall–Kier alpha value is -3.29. The molecular formula is C23H19ClN2O2. The lowest BCUT2D eigenvalue weighted by Crippen LogP contribution is -2.15. The highest BCUT2D eigenvalue weighted by molar-refractivity contribution is 6.30. The van der Waals surface area contributed by atoms with Gasteiger partial charge in [-0.3, -0.25) is 4.79 Å². The lowest BCUT2D eigenvalue weighted by Gasteiger charge is -2.12. The molecule has 0 bridgehead atoms. The van der Waals surface area contributed by atoms with Crippen molar-refractivity contribution in [1.29, 1.82) is 5.26 Å². The largest absolute Gasteiger partial charge is 0.457 e. The highest BCUT2D eigenvalue weighted by Gasteiger charge is 2.14.